The van der Waals surface area contributed by atoms with Gasteiger partial charge in [-0.15, -0.1) is 0 Å². The Morgan fingerprint density at radius 2 is 2.24 bits per heavy atom. The average Bonchev–Trinajstić information content (AvgIpc) is 3.14. The van der Waals surface area contributed by atoms with Crippen molar-refractivity contribution in [2.75, 3.05) is 13.1 Å². The van der Waals surface area contributed by atoms with Gasteiger partial charge in [0.1, 0.15) is 0 Å². The van der Waals surface area contributed by atoms with Crippen molar-refractivity contribution in [2.24, 2.45) is 11.3 Å². The van der Waals surface area contributed by atoms with E-state index in [9.17, 15) is 0 Å². The quantitative estimate of drug-likeness (QED) is 0.870. The van der Waals surface area contributed by atoms with Crippen molar-refractivity contribution in [1.82, 2.24) is 10.3 Å². The lowest BCUT2D eigenvalue weighted by Gasteiger charge is -2.29. The molecule has 1 N–H and O–H groups in total. The highest BCUT2D eigenvalue weighted by molar-refractivity contribution is 9.10. The van der Waals surface area contributed by atoms with E-state index in [0.29, 0.717) is 5.41 Å². The molecule has 1 atom stereocenters. The van der Waals surface area contributed by atoms with Crippen molar-refractivity contribution in [3.05, 3.63) is 28.5 Å². The van der Waals surface area contributed by atoms with E-state index >= 15 is 0 Å². The first kappa shape index (κ1) is 13.0. The van der Waals surface area contributed by atoms with Crippen molar-refractivity contribution in [2.45, 2.75) is 33.1 Å². The number of hydrogen-bond donors (Lipinski definition) is 1. The predicted molar refractivity (Wildman–Crippen MR) is 75.0 cm³/mol. The molecule has 0 saturated heterocycles. The van der Waals surface area contributed by atoms with E-state index in [1.165, 1.54) is 18.5 Å². The Kier molecular flexibility index (Phi) is 4.21. The molecule has 2 rings (SSSR count). The van der Waals surface area contributed by atoms with Gasteiger partial charge in [-0.1, -0.05) is 13.8 Å². The zero-order valence-electron chi connectivity index (χ0n) is 10.7. The summed E-state index contributed by atoms with van der Waals surface area (Å²) in [6.07, 6.45) is 5.75. The molecule has 1 aliphatic rings. The van der Waals surface area contributed by atoms with Crippen LogP contribution in [0.5, 0.6) is 0 Å². The molecule has 0 amide bonds. The summed E-state index contributed by atoms with van der Waals surface area (Å²) in [5, 5.41) is 3.50. The van der Waals surface area contributed by atoms with Gasteiger partial charge in [-0.05, 0) is 65.2 Å². The first-order valence-corrected chi connectivity index (χ1v) is 7.24. The maximum absolute atomic E-state index is 4.51. The predicted octanol–water partition coefficient (Wildman–Crippen LogP) is 3.41. The third-order valence-electron chi connectivity index (χ3n) is 3.72. The molecular formula is C14H21BrN2. The summed E-state index contributed by atoms with van der Waals surface area (Å²) in [7, 11) is 0. The Balaban J connectivity index is 2.04. The highest BCUT2D eigenvalue weighted by atomic mass is 79.9. The first-order chi connectivity index (χ1) is 8.14. The molecule has 1 unspecified atom stereocenters. The number of halogens is 1. The van der Waals surface area contributed by atoms with Crippen molar-refractivity contribution in [3.63, 3.8) is 0 Å². The average molecular weight is 297 g/mol. The largest absolute Gasteiger partial charge is 0.316 e. The van der Waals surface area contributed by atoms with Crippen molar-refractivity contribution in [1.29, 1.82) is 0 Å². The van der Waals surface area contributed by atoms with E-state index < -0.39 is 0 Å². The van der Waals surface area contributed by atoms with Crippen LogP contribution in [0.3, 0.4) is 0 Å². The minimum absolute atomic E-state index is 0.372. The van der Waals surface area contributed by atoms with Crippen LogP contribution < -0.4 is 5.32 Å². The monoisotopic (exact) mass is 296 g/mol. The normalized spacial score (nSPS) is 19.0. The first-order valence-electron chi connectivity index (χ1n) is 6.45. The molecule has 3 heteroatoms. The fourth-order valence-electron chi connectivity index (χ4n) is 2.47. The second-order valence-corrected chi connectivity index (χ2v) is 6.27. The van der Waals surface area contributed by atoms with Crippen LogP contribution in [0.4, 0.5) is 0 Å². The highest BCUT2D eigenvalue weighted by Gasteiger charge is 2.41. The topological polar surface area (TPSA) is 24.9 Å². The molecule has 94 valence electrons. The Labute approximate surface area is 112 Å². The van der Waals surface area contributed by atoms with E-state index in [2.05, 4.69) is 52.2 Å². The Morgan fingerprint density at radius 1 is 1.47 bits per heavy atom. The minimum atomic E-state index is 0.372. The summed E-state index contributed by atoms with van der Waals surface area (Å²) in [6.45, 7) is 6.73. The molecule has 1 fully saturated rings. The maximum Gasteiger partial charge on any atom is 0.0413 e. The van der Waals surface area contributed by atoms with Crippen LogP contribution in [0.25, 0.3) is 0 Å². The van der Waals surface area contributed by atoms with Gasteiger partial charge < -0.3 is 5.32 Å². The molecule has 0 spiro atoms. The van der Waals surface area contributed by atoms with Crippen molar-refractivity contribution in [3.8, 4) is 0 Å². The van der Waals surface area contributed by atoms with Gasteiger partial charge >= 0.3 is 0 Å². The molecule has 1 saturated carbocycles. The van der Waals surface area contributed by atoms with Gasteiger partial charge in [0.05, 0.1) is 0 Å². The zero-order chi connectivity index (χ0) is 12.3. The van der Waals surface area contributed by atoms with E-state index in [0.717, 1.165) is 29.9 Å². The number of hydrogen-bond acceptors (Lipinski definition) is 2. The molecule has 0 radical (unpaired) electrons. The fourth-order valence-corrected chi connectivity index (χ4v) is 2.70. The Bertz CT molecular complexity index is 359. The smallest absolute Gasteiger partial charge is 0.0413 e. The van der Waals surface area contributed by atoms with Gasteiger partial charge in [0, 0.05) is 22.9 Å². The molecule has 1 aromatic rings. The summed E-state index contributed by atoms with van der Waals surface area (Å²) in [5.74, 6) is 0.881. The minimum Gasteiger partial charge on any atom is -0.316 e. The zero-order valence-corrected chi connectivity index (χ0v) is 12.3. The highest BCUT2D eigenvalue weighted by Crippen LogP contribution is 2.46. The van der Waals surface area contributed by atoms with Gasteiger partial charge in [-0.25, -0.2) is 0 Å². The molecule has 17 heavy (non-hydrogen) atoms. The van der Waals surface area contributed by atoms with E-state index in [4.69, 9.17) is 0 Å². The summed E-state index contributed by atoms with van der Waals surface area (Å²) >= 11 is 3.43. The molecular weight excluding hydrogens is 276 g/mol. The lowest BCUT2D eigenvalue weighted by atomic mass is 9.80. The van der Waals surface area contributed by atoms with E-state index in [1.807, 2.05) is 6.20 Å². The maximum atomic E-state index is 4.51. The van der Waals surface area contributed by atoms with Crippen molar-refractivity contribution >= 4 is 15.9 Å². The molecule has 0 aliphatic heterocycles. The lowest BCUT2D eigenvalue weighted by molar-refractivity contribution is 0.255. The molecule has 0 aromatic carbocycles. The van der Waals surface area contributed by atoms with E-state index in [1.54, 1.807) is 0 Å². The third-order valence-corrected chi connectivity index (χ3v) is 4.18. The fraction of sp³-hybridized carbons (Fsp3) is 0.643. The van der Waals surface area contributed by atoms with Gasteiger partial charge in [0.15, 0.2) is 0 Å². The van der Waals surface area contributed by atoms with Crippen LogP contribution in [-0.2, 0) is 6.42 Å². The van der Waals surface area contributed by atoms with Crippen LogP contribution in [0.2, 0.25) is 0 Å². The van der Waals surface area contributed by atoms with Crippen LogP contribution in [0.1, 0.15) is 32.4 Å². The Morgan fingerprint density at radius 3 is 2.76 bits per heavy atom. The molecule has 1 aliphatic carbocycles. The molecule has 0 bridgehead atoms. The SMILES string of the molecule is CCNCC(C)(Cc1ccc(Br)cn1)C1CC1. The van der Waals surface area contributed by atoms with Gasteiger partial charge in [-0.2, -0.15) is 0 Å². The van der Waals surface area contributed by atoms with Crippen LogP contribution in [-0.4, -0.2) is 18.1 Å². The number of nitrogens with zero attached hydrogens (tertiary/aromatic N) is 1. The third kappa shape index (κ3) is 3.52. The van der Waals surface area contributed by atoms with Crippen LogP contribution in [0, 0.1) is 11.3 Å². The second kappa shape index (κ2) is 5.49. The summed E-state index contributed by atoms with van der Waals surface area (Å²) in [6, 6.07) is 4.22. The number of pyridine rings is 1. The second-order valence-electron chi connectivity index (χ2n) is 5.35. The molecule has 2 nitrogen and oxygen atoms in total. The number of aromatic nitrogens is 1. The van der Waals surface area contributed by atoms with Gasteiger partial charge in [0.2, 0.25) is 0 Å². The van der Waals surface area contributed by atoms with Crippen LogP contribution in [0.15, 0.2) is 22.8 Å². The summed E-state index contributed by atoms with van der Waals surface area (Å²) in [4.78, 5) is 4.51. The van der Waals surface area contributed by atoms with Gasteiger partial charge in [0.25, 0.3) is 0 Å². The Hall–Kier alpha value is -0.410. The van der Waals surface area contributed by atoms with Gasteiger partial charge in [-0.3, -0.25) is 4.98 Å². The lowest BCUT2D eigenvalue weighted by Crippen LogP contribution is -2.35. The standard InChI is InChI=1S/C14H21BrN2/c1-3-16-10-14(2,11-4-5-11)8-13-7-6-12(15)9-17-13/h6-7,9,11,16H,3-5,8,10H2,1-2H3. The number of nitrogens with one attached hydrogen (secondary N) is 1. The van der Waals surface area contributed by atoms with E-state index in [-0.39, 0.29) is 0 Å². The number of rotatable bonds is 6. The molecule has 1 aromatic heterocycles. The van der Waals surface area contributed by atoms with Crippen molar-refractivity contribution < 1.29 is 0 Å². The van der Waals surface area contributed by atoms with Crippen LogP contribution >= 0.6 is 15.9 Å². The molecule has 1 heterocycles. The summed E-state index contributed by atoms with van der Waals surface area (Å²) < 4.78 is 1.06. The summed E-state index contributed by atoms with van der Waals surface area (Å²) in [5.41, 5.74) is 1.58.